The standard InChI is InChI=1S/C20H24FNO2/c21-19-10-4-2-7-16(19)13-24-14-17(23)12-22-20-11-5-8-15-6-1-3-9-18(15)20/h1-4,6-7,9-10,17,20,22-23H,5,8,11-14H2/t17-,20-/m1/s1. The summed E-state index contributed by atoms with van der Waals surface area (Å²) < 4.78 is 18.9. The van der Waals surface area contributed by atoms with Crippen LogP contribution in [0.5, 0.6) is 0 Å². The minimum Gasteiger partial charge on any atom is -0.389 e. The van der Waals surface area contributed by atoms with Gasteiger partial charge in [-0.1, -0.05) is 42.5 Å². The SMILES string of the molecule is O[C@H](CN[C@@H]1CCCc2ccccc21)COCc1ccccc1F. The molecule has 0 unspecified atom stereocenters. The van der Waals surface area contributed by atoms with Crippen LogP contribution < -0.4 is 5.32 Å². The number of hydrogen-bond acceptors (Lipinski definition) is 3. The van der Waals surface area contributed by atoms with Gasteiger partial charge in [-0.15, -0.1) is 0 Å². The Morgan fingerprint density at radius 3 is 2.83 bits per heavy atom. The Bertz CT molecular complexity index is 662. The molecule has 0 saturated heterocycles. The van der Waals surface area contributed by atoms with Crippen LogP contribution in [0.25, 0.3) is 0 Å². The molecule has 2 atom stereocenters. The molecule has 0 saturated carbocycles. The molecule has 2 aromatic carbocycles. The second-order valence-corrected chi connectivity index (χ2v) is 6.31. The van der Waals surface area contributed by atoms with E-state index in [0.717, 1.165) is 19.3 Å². The maximum Gasteiger partial charge on any atom is 0.128 e. The van der Waals surface area contributed by atoms with Crippen molar-refractivity contribution in [3.05, 3.63) is 71.0 Å². The smallest absolute Gasteiger partial charge is 0.128 e. The van der Waals surface area contributed by atoms with Crippen LogP contribution in [0.15, 0.2) is 48.5 Å². The number of ether oxygens (including phenoxy) is 1. The summed E-state index contributed by atoms with van der Waals surface area (Å²) in [6.45, 7) is 0.835. The van der Waals surface area contributed by atoms with Crippen LogP contribution in [-0.4, -0.2) is 24.4 Å². The lowest BCUT2D eigenvalue weighted by atomic mass is 9.88. The van der Waals surface area contributed by atoms with Gasteiger partial charge in [-0.3, -0.25) is 0 Å². The van der Waals surface area contributed by atoms with E-state index in [9.17, 15) is 9.50 Å². The van der Waals surface area contributed by atoms with E-state index in [-0.39, 0.29) is 25.1 Å². The van der Waals surface area contributed by atoms with Crippen LogP contribution in [0.4, 0.5) is 4.39 Å². The highest BCUT2D eigenvalue weighted by molar-refractivity contribution is 5.32. The number of fused-ring (bicyclic) bond motifs is 1. The molecule has 0 bridgehead atoms. The van der Waals surface area contributed by atoms with Crippen molar-refractivity contribution in [2.24, 2.45) is 0 Å². The van der Waals surface area contributed by atoms with Crippen LogP contribution in [-0.2, 0) is 17.8 Å². The molecule has 2 aromatic rings. The Morgan fingerprint density at radius 2 is 1.96 bits per heavy atom. The molecule has 1 aliphatic carbocycles. The summed E-state index contributed by atoms with van der Waals surface area (Å²) in [5.74, 6) is -0.274. The number of nitrogens with one attached hydrogen (secondary N) is 1. The van der Waals surface area contributed by atoms with E-state index >= 15 is 0 Å². The fraction of sp³-hybridized carbons (Fsp3) is 0.400. The van der Waals surface area contributed by atoms with Gasteiger partial charge in [0.05, 0.1) is 19.3 Å². The van der Waals surface area contributed by atoms with E-state index in [1.807, 2.05) is 0 Å². The van der Waals surface area contributed by atoms with Gasteiger partial charge in [0, 0.05) is 18.2 Å². The first kappa shape index (κ1) is 17.1. The van der Waals surface area contributed by atoms with Crippen molar-refractivity contribution >= 4 is 0 Å². The first-order valence-electron chi connectivity index (χ1n) is 8.54. The second-order valence-electron chi connectivity index (χ2n) is 6.31. The normalized spacial score (nSPS) is 18.2. The van der Waals surface area contributed by atoms with Gasteiger partial charge in [0.2, 0.25) is 0 Å². The molecule has 3 rings (SSSR count). The molecular weight excluding hydrogens is 305 g/mol. The van der Waals surface area contributed by atoms with Crippen molar-refractivity contribution in [2.45, 2.75) is 38.0 Å². The van der Waals surface area contributed by atoms with Crippen molar-refractivity contribution in [2.75, 3.05) is 13.2 Å². The molecule has 0 heterocycles. The molecule has 128 valence electrons. The number of aliphatic hydroxyl groups excluding tert-OH is 1. The molecular formula is C20H24FNO2. The summed E-state index contributed by atoms with van der Waals surface area (Å²) in [5, 5.41) is 13.5. The number of benzene rings is 2. The van der Waals surface area contributed by atoms with Crippen LogP contribution in [0.1, 0.15) is 35.6 Å². The van der Waals surface area contributed by atoms with Crippen LogP contribution >= 0.6 is 0 Å². The lowest BCUT2D eigenvalue weighted by molar-refractivity contribution is 0.0263. The van der Waals surface area contributed by atoms with Crippen LogP contribution in [0.2, 0.25) is 0 Å². The highest BCUT2D eigenvalue weighted by Gasteiger charge is 2.20. The molecule has 0 spiro atoms. The van der Waals surface area contributed by atoms with E-state index in [2.05, 4.69) is 29.6 Å². The Hall–Kier alpha value is -1.75. The maximum absolute atomic E-state index is 13.5. The number of rotatable bonds is 7. The van der Waals surface area contributed by atoms with Gasteiger partial charge in [0.25, 0.3) is 0 Å². The third-order valence-electron chi connectivity index (χ3n) is 4.49. The molecule has 4 heteroatoms. The molecule has 0 aliphatic heterocycles. The Labute approximate surface area is 142 Å². The molecule has 24 heavy (non-hydrogen) atoms. The first-order chi connectivity index (χ1) is 11.7. The summed E-state index contributed by atoms with van der Waals surface area (Å²) >= 11 is 0. The van der Waals surface area contributed by atoms with Crippen molar-refractivity contribution < 1.29 is 14.2 Å². The van der Waals surface area contributed by atoms with E-state index in [4.69, 9.17) is 4.74 Å². The minimum atomic E-state index is -0.606. The molecule has 0 fully saturated rings. The summed E-state index contributed by atoms with van der Waals surface area (Å²) in [6.07, 6.45) is 2.77. The van der Waals surface area contributed by atoms with E-state index < -0.39 is 6.10 Å². The Morgan fingerprint density at radius 1 is 1.17 bits per heavy atom. The zero-order chi connectivity index (χ0) is 16.8. The highest BCUT2D eigenvalue weighted by atomic mass is 19.1. The number of hydrogen-bond donors (Lipinski definition) is 2. The quantitative estimate of drug-likeness (QED) is 0.818. The average Bonchev–Trinajstić information content (AvgIpc) is 2.61. The lowest BCUT2D eigenvalue weighted by Gasteiger charge is -2.27. The van der Waals surface area contributed by atoms with Crippen molar-refractivity contribution in [1.82, 2.24) is 5.32 Å². The van der Waals surface area contributed by atoms with E-state index in [0.29, 0.717) is 12.1 Å². The number of aliphatic hydroxyl groups is 1. The summed E-state index contributed by atoms with van der Waals surface area (Å²) in [6, 6.07) is 15.3. The molecule has 3 nitrogen and oxygen atoms in total. The lowest BCUT2D eigenvalue weighted by Crippen LogP contribution is -2.34. The Balaban J connectivity index is 1.43. The minimum absolute atomic E-state index is 0.177. The number of aryl methyl sites for hydroxylation is 1. The predicted molar refractivity (Wildman–Crippen MR) is 92.2 cm³/mol. The summed E-state index contributed by atoms with van der Waals surface area (Å²) in [5.41, 5.74) is 3.24. The van der Waals surface area contributed by atoms with Gasteiger partial charge < -0.3 is 15.2 Å². The van der Waals surface area contributed by atoms with Gasteiger partial charge in [0.1, 0.15) is 5.82 Å². The summed E-state index contributed by atoms with van der Waals surface area (Å²) in [7, 11) is 0. The molecule has 2 N–H and O–H groups in total. The van der Waals surface area contributed by atoms with Gasteiger partial charge in [-0.25, -0.2) is 4.39 Å². The van der Waals surface area contributed by atoms with Crippen molar-refractivity contribution in [3.8, 4) is 0 Å². The third-order valence-corrected chi connectivity index (χ3v) is 4.49. The third kappa shape index (κ3) is 4.41. The van der Waals surface area contributed by atoms with Crippen molar-refractivity contribution in [3.63, 3.8) is 0 Å². The maximum atomic E-state index is 13.5. The number of halogens is 1. The Kier molecular flexibility index (Phi) is 5.96. The monoisotopic (exact) mass is 329 g/mol. The topological polar surface area (TPSA) is 41.5 Å². The first-order valence-corrected chi connectivity index (χ1v) is 8.54. The van der Waals surface area contributed by atoms with Gasteiger partial charge in [0.15, 0.2) is 0 Å². The molecule has 0 amide bonds. The molecule has 1 aliphatic rings. The highest BCUT2D eigenvalue weighted by Crippen LogP contribution is 2.29. The largest absolute Gasteiger partial charge is 0.389 e. The summed E-state index contributed by atoms with van der Waals surface area (Å²) in [4.78, 5) is 0. The van der Waals surface area contributed by atoms with Crippen LogP contribution in [0.3, 0.4) is 0 Å². The predicted octanol–water partition coefficient (Wildman–Crippen LogP) is 3.37. The van der Waals surface area contributed by atoms with Gasteiger partial charge >= 0.3 is 0 Å². The van der Waals surface area contributed by atoms with Crippen molar-refractivity contribution in [1.29, 1.82) is 0 Å². The average molecular weight is 329 g/mol. The fourth-order valence-electron chi connectivity index (χ4n) is 3.22. The second kappa shape index (κ2) is 8.38. The van der Waals surface area contributed by atoms with E-state index in [1.165, 1.54) is 17.2 Å². The zero-order valence-corrected chi connectivity index (χ0v) is 13.7. The molecule has 0 aromatic heterocycles. The fourth-order valence-corrected chi connectivity index (χ4v) is 3.22. The van der Waals surface area contributed by atoms with Gasteiger partial charge in [-0.05, 0) is 36.5 Å². The molecule has 0 radical (unpaired) electrons. The van der Waals surface area contributed by atoms with Crippen LogP contribution in [0, 0.1) is 5.82 Å². The van der Waals surface area contributed by atoms with E-state index in [1.54, 1.807) is 18.2 Å². The zero-order valence-electron chi connectivity index (χ0n) is 13.7. The van der Waals surface area contributed by atoms with Gasteiger partial charge in [-0.2, -0.15) is 0 Å².